The van der Waals surface area contributed by atoms with Crippen molar-refractivity contribution in [3.63, 3.8) is 0 Å². The van der Waals surface area contributed by atoms with Crippen molar-refractivity contribution in [3.8, 4) is 33.4 Å². The van der Waals surface area contributed by atoms with E-state index in [1.807, 2.05) is 48.5 Å². The van der Waals surface area contributed by atoms with Gasteiger partial charge in [-0.05, 0) is 12.1 Å². The summed E-state index contributed by atoms with van der Waals surface area (Å²) in [5.74, 6) is 2.38. The van der Waals surface area contributed by atoms with Crippen LogP contribution >= 0.6 is 25.3 Å². The van der Waals surface area contributed by atoms with Crippen LogP contribution in [0.5, 0.6) is 0 Å². The number of benzene rings is 2. The molecule has 0 bridgehead atoms. The van der Waals surface area contributed by atoms with E-state index in [-0.39, 0.29) is 0 Å². The van der Waals surface area contributed by atoms with Gasteiger partial charge in [0.1, 0.15) is 29.6 Å². The molecule has 0 aliphatic carbocycles. The highest BCUT2D eigenvalue weighted by molar-refractivity contribution is 7.80. The molecule has 4 aromatic rings. The average molecular weight is 590 g/mol. The molecule has 2 aromatic carbocycles. The average Bonchev–Trinajstić information content (AvgIpc) is 3.64. The van der Waals surface area contributed by atoms with Crippen molar-refractivity contribution in [1.29, 1.82) is 0 Å². The molecule has 0 saturated heterocycles. The van der Waals surface area contributed by atoms with Crippen LogP contribution in [-0.4, -0.2) is 24.9 Å². The highest BCUT2D eigenvalue weighted by atomic mass is 32.1. The maximum Gasteiger partial charge on any atom is 0.142 e. The molecule has 0 radical (unpaired) electrons. The molecule has 2 aromatic heterocycles. The van der Waals surface area contributed by atoms with Crippen molar-refractivity contribution >= 4 is 72.1 Å². The van der Waals surface area contributed by atoms with Gasteiger partial charge in [0.15, 0.2) is 0 Å². The van der Waals surface area contributed by atoms with Gasteiger partial charge in [-0.2, -0.15) is 0 Å². The Bertz CT molecular complexity index is 1800. The number of anilines is 6. The zero-order valence-electron chi connectivity index (χ0n) is 22.3. The Kier molecular flexibility index (Phi) is 7.11. The predicted molar refractivity (Wildman–Crippen MR) is 179 cm³/mol. The lowest BCUT2D eigenvalue weighted by Gasteiger charge is -2.12. The lowest BCUT2D eigenvalue weighted by Crippen LogP contribution is -1.99. The van der Waals surface area contributed by atoms with Crippen molar-refractivity contribution in [2.75, 3.05) is 22.1 Å². The summed E-state index contributed by atoms with van der Waals surface area (Å²) in [5.41, 5.74) is 20.4. The van der Waals surface area contributed by atoms with E-state index >= 15 is 0 Å². The van der Waals surface area contributed by atoms with Crippen molar-refractivity contribution in [1.82, 2.24) is 24.9 Å². The standard InChI is InChI=1S/C31H27N9S2/c1-3-16-24(18-9-5-7-11-22(18)32)28(39-30(16)41)37-26-20-13-34-14-21(20)27(36-15-35-26)38-29-25(17(4-2)31(42)40-29)19-10-6-8-12-23(19)33/h3-15,39-42H,1-2,32-33H2,(H2,35,36,37,38). The first kappa shape index (κ1) is 27.1. The monoisotopic (exact) mass is 589 g/mol. The summed E-state index contributed by atoms with van der Waals surface area (Å²) in [5, 5.41) is 8.13. The Morgan fingerprint density at radius 2 is 1.10 bits per heavy atom. The number of H-pyrrole nitrogens is 2. The van der Waals surface area contributed by atoms with Crippen LogP contribution in [-0.2, 0) is 0 Å². The number of aromatic amines is 2. The van der Waals surface area contributed by atoms with E-state index in [4.69, 9.17) is 11.5 Å². The van der Waals surface area contributed by atoms with Gasteiger partial charge in [0, 0.05) is 68.3 Å². The molecular formula is C31H27N9S2. The number of nitrogens with one attached hydrogen (secondary N) is 4. The van der Waals surface area contributed by atoms with Gasteiger partial charge in [-0.3, -0.25) is 4.98 Å². The molecule has 9 nitrogen and oxygen atoms in total. The zero-order valence-corrected chi connectivity index (χ0v) is 24.1. The van der Waals surface area contributed by atoms with Gasteiger partial charge < -0.3 is 32.1 Å². The van der Waals surface area contributed by atoms with Crippen LogP contribution in [0.2, 0.25) is 0 Å². The summed E-state index contributed by atoms with van der Waals surface area (Å²) in [6.45, 7) is 7.95. The van der Waals surface area contributed by atoms with Crippen LogP contribution < -0.4 is 22.1 Å². The first-order valence-corrected chi connectivity index (χ1v) is 13.8. The molecule has 8 N–H and O–H groups in total. The van der Waals surface area contributed by atoms with Crippen LogP contribution in [0.3, 0.4) is 0 Å². The van der Waals surface area contributed by atoms with E-state index in [1.165, 1.54) is 6.33 Å². The Hall–Kier alpha value is -5.13. The van der Waals surface area contributed by atoms with E-state index in [9.17, 15) is 0 Å². The number of nitrogen functional groups attached to an aromatic ring is 2. The van der Waals surface area contributed by atoms with Crippen molar-refractivity contribution in [2.45, 2.75) is 10.1 Å². The fraction of sp³-hybridized carbons (Fsp3) is 0. The summed E-state index contributed by atoms with van der Waals surface area (Å²) in [4.78, 5) is 20.3. The third-order valence-corrected chi connectivity index (χ3v) is 7.68. The number of para-hydroxylation sites is 2. The van der Waals surface area contributed by atoms with Gasteiger partial charge in [-0.15, -0.1) is 25.3 Å². The molecule has 42 heavy (non-hydrogen) atoms. The number of thiol groups is 2. The molecule has 208 valence electrons. The fourth-order valence-corrected chi connectivity index (χ4v) is 5.65. The van der Waals surface area contributed by atoms with Crippen molar-refractivity contribution in [3.05, 3.63) is 91.5 Å². The molecule has 4 heterocycles. The fourth-order valence-electron chi connectivity index (χ4n) is 5.02. The highest BCUT2D eigenvalue weighted by Crippen LogP contribution is 2.44. The molecule has 0 unspecified atom stereocenters. The van der Waals surface area contributed by atoms with E-state index in [0.29, 0.717) is 44.7 Å². The molecule has 0 spiro atoms. The minimum absolute atomic E-state index is 0.532. The van der Waals surface area contributed by atoms with E-state index < -0.39 is 0 Å². The molecular weight excluding hydrogens is 563 g/mol. The van der Waals surface area contributed by atoms with E-state index in [2.05, 4.69) is 74.0 Å². The number of hydrogen-bond donors (Lipinski definition) is 8. The van der Waals surface area contributed by atoms with Gasteiger partial charge >= 0.3 is 0 Å². The van der Waals surface area contributed by atoms with Crippen LogP contribution in [0, 0.1) is 0 Å². The number of aromatic nitrogens is 5. The second kappa shape index (κ2) is 11.0. The van der Waals surface area contributed by atoms with Gasteiger partial charge in [0.2, 0.25) is 0 Å². The zero-order chi connectivity index (χ0) is 29.4. The van der Waals surface area contributed by atoms with Crippen LogP contribution in [0.25, 0.3) is 45.5 Å². The van der Waals surface area contributed by atoms with Crippen LogP contribution in [0.15, 0.2) is 90.5 Å². The number of nitrogens with two attached hydrogens (primary N) is 2. The van der Waals surface area contributed by atoms with E-state index in [0.717, 1.165) is 44.5 Å². The molecule has 2 aliphatic heterocycles. The Labute approximate surface area is 253 Å². The van der Waals surface area contributed by atoms with Crippen LogP contribution in [0.4, 0.5) is 34.6 Å². The second-order valence-corrected chi connectivity index (χ2v) is 10.3. The lowest BCUT2D eigenvalue weighted by molar-refractivity contribution is 1.17. The van der Waals surface area contributed by atoms with Gasteiger partial charge in [-0.1, -0.05) is 61.7 Å². The Morgan fingerprint density at radius 3 is 1.50 bits per heavy atom. The second-order valence-electron chi connectivity index (χ2n) is 9.41. The van der Waals surface area contributed by atoms with E-state index in [1.54, 1.807) is 24.5 Å². The molecule has 0 fully saturated rings. The Morgan fingerprint density at radius 1 is 0.667 bits per heavy atom. The smallest absolute Gasteiger partial charge is 0.142 e. The number of rotatable bonds is 8. The van der Waals surface area contributed by atoms with Crippen molar-refractivity contribution in [2.24, 2.45) is 0 Å². The number of fused-ring (bicyclic) bond motifs is 1. The first-order valence-electron chi connectivity index (χ1n) is 12.9. The lowest BCUT2D eigenvalue weighted by atomic mass is 10.0. The maximum absolute atomic E-state index is 6.35. The Balaban J connectivity index is 1.42. The quantitative estimate of drug-likeness (QED) is 0.0678. The minimum Gasteiger partial charge on any atom is -0.398 e. The normalized spacial score (nSPS) is 11.0. The predicted octanol–water partition coefficient (Wildman–Crippen LogP) is 7.48. The van der Waals surface area contributed by atoms with Gasteiger partial charge in [0.05, 0.1) is 10.1 Å². The highest BCUT2D eigenvalue weighted by Gasteiger charge is 2.23. The third kappa shape index (κ3) is 4.64. The maximum atomic E-state index is 6.35. The largest absolute Gasteiger partial charge is 0.398 e. The minimum atomic E-state index is 0.532. The van der Waals surface area contributed by atoms with Gasteiger partial charge in [-0.25, -0.2) is 9.97 Å². The molecule has 6 rings (SSSR count). The number of nitrogens with zero attached hydrogens (tertiary/aromatic N) is 3. The molecule has 0 saturated carbocycles. The summed E-state index contributed by atoms with van der Waals surface area (Å²) in [6.07, 6.45) is 8.44. The first-order chi connectivity index (χ1) is 20.4. The number of hydrogen-bond acceptors (Lipinski definition) is 9. The van der Waals surface area contributed by atoms with Crippen LogP contribution in [0.1, 0.15) is 11.1 Å². The topological polar surface area (TPSA) is 146 Å². The SMILES string of the molecule is C=Cc1c(S)[nH]c(Nc2ncnc(Nc3[nH]c(S)c(C=C)c3-c3ccccc3N)c3cncc2-3)c1-c1ccccc1N. The molecule has 2 aliphatic rings. The summed E-state index contributed by atoms with van der Waals surface area (Å²) in [6, 6.07) is 15.3. The summed E-state index contributed by atoms with van der Waals surface area (Å²) < 4.78 is 0. The third-order valence-electron chi connectivity index (χ3n) is 6.97. The molecule has 0 amide bonds. The summed E-state index contributed by atoms with van der Waals surface area (Å²) >= 11 is 9.29. The molecule has 0 atom stereocenters. The summed E-state index contributed by atoms with van der Waals surface area (Å²) in [7, 11) is 0. The van der Waals surface area contributed by atoms with Gasteiger partial charge in [0.25, 0.3) is 0 Å². The van der Waals surface area contributed by atoms with Crippen molar-refractivity contribution < 1.29 is 0 Å². The molecule has 11 heteroatoms.